The van der Waals surface area contributed by atoms with Crippen LogP contribution in [0.5, 0.6) is 5.75 Å². The van der Waals surface area contributed by atoms with E-state index >= 15 is 0 Å². The molecule has 0 spiro atoms. The number of hydrogen-bond acceptors (Lipinski definition) is 6. The zero-order chi connectivity index (χ0) is 24.2. The summed E-state index contributed by atoms with van der Waals surface area (Å²) in [5.41, 5.74) is -0.790. The van der Waals surface area contributed by atoms with Gasteiger partial charge >= 0.3 is 11.9 Å². The fourth-order valence-corrected chi connectivity index (χ4v) is 3.21. The molecule has 0 fully saturated rings. The molecule has 1 aromatic carbocycles. The van der Waals surface area contributed by atoms with Crippen LogP contribution in [0.15, 0.2) is 35.5 Å². The smallest absolute Gasteiger partial charge is 0.341 e. The number of nitrogens with one attached hydrogen (secondary N) is 1. The fourth-order valence-electron chi connectivity index (χ4n) is 2.75. The summed E-state index contributed by atoms with van der Waals surface area (Å²) in [6, 6.07) is 5.86. The number of aromatic nitrogens is 1. The first-order valence-corrected chi connectivity index (χ1v) is 10.0. The summed E-state index contributed by atoms with van der Waals surface area (Å²) >= 11 is 11.4. The highest BCUT2D eigenvalue weighted by Gasteiger charge is 2.42. The van der Waals surface area contributed by atoms with Crippen LogP contribution in [0.1, 0.15) is 47.2 Å². The molecule has 3 rings (SSSR count). The molecule has 32 heavy (non-hydrogen) atoms. The van der Waals surface area contributed by atoms with E-state index in [4.69, 9.17) is 38.2 Å². The maximum absolute atomic E-state index is 12.0. The Morgan fingerprint density at radius 1 is 1.12 bits per heavy atom. The summed E-state index contributed by atoms with van der Waals surface area (Å²) in [5, 5.41) is 20.9. The van der Waals surface area contributed by atoms with Crippen molar-refractivity contribution in [2.75, 3.05) is 7.11 Å². The molecule has 3 N–H and O–H groups in total. The number of hydrogen-bond donors (Lipinski definition) is 3. The maximum Gasteiger partial charge on any atom is 0.341 e. The third-order valence-corrected chi connectivity index (χ3v) is 5.51. The number of pyridine rings is 1. The zero-order valence-electron chi connectivity index (χ0n) is 17.6. The Hall–Kier alpha value is -3.17. The van der Waals surface area contributed by atoms with E-state index < -0.39 is 17.5 Å². The van der Waals surface area contributed by atoms with Crippen LogP contribution in [0.3, 0.4) is 0 Å². The number of amidine groups is 1. The average Bonchev–Trinajstić information content (AvgIpc) is 3.05. The van der Waals surface area contributed by atoms with E-state index in [0.29, 0.717) is 0 Å². The lowest BCUT2D eigenvalue weighted by atomic mass is 9.89. The standard InChI is InChI=1S/C13H15N3O3.C8H6Cl2O3/c1-7(2)13(3)12(19)15-10(16-13)9-8(11(17)18)5-4-6-14-9;1-13-7-5(10)3-2-4(9)6(7)8(11)12/h4-7H,1-3H3,(H,17,18)(H,15,16,19);2-3H,1H3,(H,11,12). The minimum atomic E-state index is -1.16. The fraction of sp³-hybridized carbons (Fsp3) is 0.286. The summed E-state index contributed by atoms with van der Waals surface area (Å²) in [5.74, 6) is -2.19. The summed E-state index contributed by atoms with van der Waals surface area (Å²) in [6.45, 7) is 5.51. The van der Waals surface area contributed by atoms with E-state index in [1.807, 2.05) is 13.8 Å². The molecule has 9 nitrogen and oxygen atoms in total. The molecule has 1 atom stereocenters. The van der Waals surface area contributed by atoms with Crippen molar-refractivity contribution in [2.45, 2.75) is 26.3 Å². The maximum atomic E-state index is 12.0. The Morgan fingerprint density at radius 2 is 1.75 bits per heavy atom. The summed E-state index contributed by atoms with van der Waals surface area (Å²) < 4.78 is 4.82. The highest BCUT2D eigenvalue weighted by atomic mass is 35.5. The first-order chi connectivity index (χ1) is 14.9. The molecule has 0 bridgehead atoms. The van der Waals surface area contributed by atoms with E-state index in [0.717, 1.165) is 0 Å². The molecule has 1 aliphatic heterocycles. The number of carboxylic acid groups (broad SMARTS) is 2. The molecule has 1 aromatic heterocycles. The number of methoxy groups -OCH3 is 1. The van der Waals surface area contributed by atoms with E-state index in [-0.39, 0.29) is 50.3 Å². The van der Waals surface area contributed by atoms with Crippen molar-refractivity contribution < 1.29 is 29.3 Å². The van der Waals surface area contributed by atoms with Crippen molar-refractivity contribution in [2.24, 2.45) is 10.9 Å². The van der Waals surface area contributed by atoms with Gasteiger partial charge in [0.15, 0.2) is 11.6 Å². The number of ether oxygens (including phenoxy) is 1. The minimum Gasteiger partial charge on any atom is -0.494 e. The van der Waals surface area contributed by atoms with Gasteiger partial charge in [0.05, 0.1) is 22.7 Å². The molecule has 0 saturated heterocycles. The van der Waals surface area contributed by atoms with Gasteiger partial charge < -0.3 is 20.3 Å². The van der Waals surface area contributed by atoms with Crippen molar-refractivity contribution in [1.29, 1.82) is 0 Å². The van der Waals surface area contributed by atoms with Crippen molar-refractivity contribution in [3.63, 3.8) is 0 Å². The molecular weight excluding hydrogens is 461 g/mol. The predicted octanol–water partition coefficient (Wildman–Crippen LogP) is 3.77. The lowest BCUT2D eigenvalue weighted by molar-refractivity contribution is -0.124. The Kier molecular flexibility index (Phi) is 7.82. The lowest BCUT2D eigenvalue weighted by Gasteiger charge is -2.21. The third kappa shape index (κ3) is 5.00. The van der Waals surface area contributed by atoms with Crippen LogP contribution >= 0.6 is 23.2 Å². The molecule has 170 valence electrons. The van der Waals surface area contributed by atoms with Crippen molar-refractivity contribution in [1.82, 2.24) is 10.3 Å². The monoisotopic (exact) mass is 481 g/mol. The molecule has 0 radical (unpaired) electrons. The van der Waals surface area contributed by atoms with Gasteiger partial charge in [-0.25, -0.2) is 14.6 Å². The van der Waals surface area contributed by atoms with Crippen molar-refractivity contribution in [3.8, 4) is 5.75 Å². The molecule has 1 unspecified atom stereocenters. The largest absolute Gasteiger partial charge is 0.494 e. The van der Waals surface area contributed by atoms with Crippen LogP contribution in [-0.4, -0.2) is 51.5 Å². The van der Waals surface area contributed by atoms with E-state index in [1.165, 1.54) is 37.6 Å². The van der Waals surface area contributed by atoms with Gasteiger partial charge in [0.2, 0.25) is 0 Å². The first-order valence-electron chi connectivity index (χ1n) is 9.29. The second-order valence-corrected chi connectivity index (χ2v) is 7.98. The van der Waals surface area contributed by atoms with Gasteiger partial charge in [0.25, 0.3) is 5.91 Å². The summed E-state index contributed by atoms with van der Waals surface area (Å²) in [6.07, 6.45) is 1.47. The number of carbonyl (C=O) groups is 3. The number of aromatic carboxylic acids is 2. The van der Waals surface area contributed by atoms with Crippen LogP contribution in [-0.2, 0) is 4.79 Å². The molecule has 1 aliphatic rings. The van der Waals surface area contributed by atoms with Gasteiger partial charge in [0.1, 0.15) is 16.8 Å². The Labute approximate surface area is 194 Å². The SMILES string of the molecule is CC(C)C1(C)N=C(c2ncccc2C(=O)O)NC1=O.COc1c(Cl)ccc(Cl)c1C(=O)O. The highest BCUT2D eigenvalue weighted by Crippen LogP contribution is 2.33. The van der Waals surface area contributed by atoms with Crippen LogP contribution < -0.4 is 10.1 Å². The first kappa shape index (κ1) is 25.1. The normalized spacial score (nSPS) is 17.2. The topological polar surface area (TPSA) is 138 Å². The second kappa shape index (κ2) is 9.97. The number of halogens is 2. The minimum absolute atomic E-state index is 0.00184. The number of aliphatic imine (C=N–C) groups is 1. The van der Waals surface area contributed by atoms with Gasteiger partial charge in [-0.15, -0.1) is 0 Å². The number of rotatable bonds is 5. The highest BCUT2D eigenvalue weighted by molar-refractivity contribution is 6.37. The Balaban J connectivity index is 0.000000244. The summed E-state index contributed by atoms with van der Waals surface area (Å²) in [7, 11) is 1.34. The molecule has 2 aromatic rings. The van der Waals surface area contributed by atoms with Crippen LogP contribution in [0.4, 0.5) is 0 Å². The molecular formula is C21H21Cl2N3O6. The molecule has 0 saturated carbocycles. The molecule has 2 heterocycles. The summed E-state index contributed by atoms with van der Waals surface area (Å²) in [4.78, 5) is 42.2. The number of benzene rings is 1. The average molecular weight is 482 g/mol. The van der Waals surface area contributed by atoms with Crippen LogP contribution in [0.25, 0.3) is 0 Å². The number of carboxylic acids is 2. The number of carbonyl (C=O) groups excluding carboxylic acids is 1. The van der Waals surface area contributed by atoms with Crippen LogP contribution in [0.2, 0.25) is 10.0 Å². The van der Waals surface area contributed by atoms with E-state index in [2.05, 4.69) is 15.3 Å². The van der Waals surface area contributed by atoms with Gasteiger partial charge in [-0.3, -0.25) is 9.78 Å². The number of nitrogens with zero attached hydrogens (tertiary/aromatic N) is 2. The van der Waals surface area contributed by atoms with Gasteiger partial charge in [0, 0.05) is 6.20 Å². The quantitative estimate of drug-likeness (QED) is 0.590. The van der Waals surface area contributed by atoms with Gasteiger partial charge in [-0.1, -0.05) is 37.0 Å². The van der Waals surface area contributed by atoms with E-state index in [1.54, 1.807) is 6.92 Å². The Morgan fingerprint density at radius 3 is 2.22 bits per heavy atom. The number of amides is 1. The second-order valence-electron chi connectivity index (χ2n) is 7.16. The van der Waals surface area contributed by atoms with E-state index in [9.17, 15) is 14.4 Å². The zero-order valence-corrected chi connectivity index (χ0v) is 19.2. The molecule has 11 heteroatoms. The van der Waals surface area contributed by atoms with Crippen molar-refractivity contribution in [3.05, 3.63) is 57.3 Å². The lowest BCUT2D eigenvalue weighted by Crippen LogP contribution is -2.41. The van der Waals surface area contributed by atoms with Gasteiger partial charge in [-0.2, -0.15) is 0 Å². The molecule has 0 aliphatic carbocycles. The van der Waals surface area contributed by atoms with Crippen LogP contribution in [0, 0.1) is 5.92 Å². The third-order valence-electron chi connectivity index (χ3n) is 4.90. The predicted molar refractivity (Wildman–Crippen MR) is 119 cm³/mol. The molecule has 1 amide bonds. The van der Waals surface area contributed by atoms with Crippen molar-refractivity contribution >= 4 is 46.9 Å². The Bertz CT molecular complexity index is 1100. The van der Waals surface area contributed by atoms with Gasteiger partial charge in [-0.05, 0) is 37.1 Å².